The molecule has 100 valence electrons. The minimum atomic E-state index is -0.126. The lowest BCUT2D eigenvalue weighted by molar-refractivity contribution is 0.0963. The van der Waals surface area contributed by atoms with Crippen LogP contribution in [0.5, 0.6) is 0 Å². The van der Waals surface area contributed by atoms with E-state index in [9.17, 15) is 4.79 Å². The van der Waals surface area contributed by atoms with Gasteiger partial charge in [-0.05, 0) is 29.6 Å². The summed E-state index contributed by atoms with van der Waals surface area (Å²) in [5, 5.41) is 4.64. The topological polar surface area (TPSA) is 58.4 Å². The van der Waals surface area contributed by atoms with Crippen LogP contribution in [-0.4, -0.2) is 20.0 Å². The van der Waals surface area contributed by atoms with Crippen molar-refractivity contribution in [3.63, 3.8) is 0 Å². The molecule has 0 bridgehead atoms. The second-order valence-electron chi connectivity index (χ2n) is 4.29. The van der Waals surface area contributed by atoms with Gasteiger partial charge in [0.15, 0.2) is 0 Å². The van der Waals surface area contributed by atoms with Crippen molar-refractivity contribution in [2.24, 2.45) is 0 Å². The predicted octanol–water partition coefficient (Wildman–Crippen LogP) is 2.33. The molecule has 2 rings (SSSR count). The number of nitrogens with one attached hydrogen (secondary N) is 1. The summed E-state index contributed by atoms with van der Waals surface area (Å²) in [5.74, 6) is -0.126. The van der Waals surface area contributed by atoms with E-state index in [1.807, 2.05) is 19.2 Å². The standard InChI is InChI=1S/C14H17N3OS/c1-16-14(18)10-5-6-13(12(15)8-10)17(2)9-11-4-3-7-19-11/h3-8H,9,15H2,1-2H3,(H,16,18). The third-order valence-electron chi connectivity index (χ3n) is 2.90. The third-order valence-corrected chi connectivity index (χ3v) is 3.76. The normalized spacial score (nSPS) is 10.2. The lowest BCUT2D eigenvalue weighted by atomic mass is 10.1. The lowest BCUT2D eigenvalue weighted by Crippen LogP contribution is -2.20. The molecular weight excluding hydrogens is 258 g/mol. The van der Waals surface area contributed by atoms with Crippen molar-refractivity contribution in [2.75, 3.05) is 24.7 Å². The van der Waals surface area contributed by atoms with Gasteiger partial charge in [-0.3, -0.25) is 4.79 Å². The van der Waals surface area contributed by atoms with E-state index in [1.165, 1.54) is 4.88 Å². The number of nitrogen functional groups attached to an aromatic ring is 1. The molecule has 0 saturated heterocycles. The molecule has 0 unspecified atom stereocenters. The number of carbonyl (C=O) groups excluding carboxylic acids is 1. The van der Waals surface area contributed by atoms with Crippen LogP contribution < -0.4 is 16.0 Å². The monoisotopic (exact) mass is 275 g/mol. The zero-order valence-electron chi connectivity index (χ0n) is 11.0. The quantitative estimate of drug-likeness (QED) is 0.842. The summed E-state index contributed by atoms with van der Waals surface area (Å²) in [7, 11) is 3.60. The van der Waals surface area contributed by atoms with Crippen LogP contribution in [0.15, 0.2) is 35.7 Å². The van der Waals surface area contributed by atoms with E-state index in [0.717, 1.165) is 12.2 Å². The number of hydrogen-bond acceptors (Lipinski definition) is 4. The van der Waals surface area contributed by atoms with Crippen LogP contribution in [0, 0.1) is 0 Å². The summed E-state index contributed by atoms with van der Waals surface area (Å²) in [4.78, 5) is 14.9. The van der Waals surface area contributed by atoms with Crippen LogP contribution in [0.3, 0.4) is 0 Å². The molecule has 1 aromatic heterocycles. The van der Waals surface area contributed by atoms with E-state index < -0.39 is 0 Å². The summed E-state index contributed by atoms with van der Waals surface area (Å²) in [5.41, 5.74) is 8.15. The zero-order valence-corrected chi connectivity index (χ0v) is 11.8. The molecule has 19 heavy (non-hydrogen) atoms. The van der Waals surface area contributed by atoms with Gasteiger partial charge < -0.3 is 16.0 Å². The molecule has 0 atom stereocenters. The van der Waals surface area contributed by atoms with Gasteiger partial charge in [0.2, 0.25) is 0 Å². The maximum atomic E-state index is 11.5. The zero-order chi connectivity index (χ0) is 13.8. The van der Waals surface area contributed by atoms with Gasteiger partial charge in [-0.1, -0.05) is 6.07 Å². The number of rotatable bonds is 4. The molecule has 0 aliphatic rings. The number of nitrogens with zero attached hydrogens (tertiary/aromatic N) is 1. The first-order valence-electron chi connectivity index (χ1n) is 5.97. The van der Waals surface area contributed by atoms with Gasteiger partial charge >= 0.3 is 0 Å². The molecule has 0 aliphatic heterocycles. The average molecular weight is 275 g/mol. The highest BCUT2D eigenvalue weighted by molar-refractivity contribution is 7.09. The molecular formula is C14H17N3OS. The number of carbonyl (C=O) groups is 1. The summed E-state index contributed by atoms with van der Waals surface area (Å²) >= 11 is 1.72. The molecule has 0 radical (unpaired) electrons. The van der Waals surface area contributed by atoms with Gasteiger partial charge in [-0.15, -0.1) is 11.3 Å². The largest absolute Gasteiger partial charge is 0.397 e. The Kier molecular flexibility index (Phi) is 4.06. The Morgan fingerprint density at radius 3 is 2.79 bits per heavy atom. The Morgan fingerprint density at radius 2 is 2.21 bits per heavy atom. The fraction of sp³-hybridized carbons (Fsp3) is 0.214. The Labute approximate surface area is 116 Å². The van der Waals surface area contributed by atoms with Crippen molar-refractivity contribution in [1.29, 1.82) is 0 Å². The summed E-state index contributed by atoms with van der Waals surface area (Å²) in [6.45, 7) is 0.807. The highest BCUT2D eigenvalue weighted by Crippen LogP contribution is 2.25. The number of hydrogen-bond donors (Lipinski definition) is 2. The van der Waals surface area contributed by atoms with Crippen LogP contribution in [-0.2, 0) is 6.54 Å². The van der Waals surface area contributed by atoms with E-state index in [1.54, 1.807) is 30.5 Å². The minimum Gasteiger partial charge on any atom is -0.397 e. The maximum absolute atomic E-state index is 11.5. The summed E-state index contributed by atoms with van der Waals surface area (Å²) in [6.07, 6.45) is 0. The van der Waals surface area contributed by atoms with Crippen molar-refractivity contribution in [1.82, 2.24) is 5.32 Å². The molecule has 1 aromatic carbocycles. The van der Waals surface area contributed by atoms with Crippen molar-refractivity contribution < 1.29 is 4.79 Å². The molecule has 1 heterocycles. The van der Waals surface area contributed by atoms with Crippen LogP contribution in [0.2, 0.25) is 0 Å². The van der Waals surface area contributed by atoms with Gasteiger partial charge in [0, 0.05) is 24.5 Å². The average Bonchev–Trinajstić information content (AvgIpc) is 2.90. The molecule has 3 N–H and O–H groups in total. The second kappa shape index (κ2) is 5.75. The van der Waals surface area contributed by atoms with Crippen LogP contribution in [0.1, 0.15) is 15.2 Å². The van der Waals surface area contributed by atoms with Crippen molar-refractivity contribution in [3.8, 4) is 0 Å². The lowest BCUT2D eigenvalue weighted by Gasteiger charge is -2.20. The number of nitrogens with two attached hydrogens (primary N) is 1. The van der Waals surface area contributed by atoms with Crippen molar-refractivity contribution >= 4 is 28.6 Å². The van der Waals surface area contributed by atoms with Gasteiger partial charge in [-0.2, -0.15) is 0 Å². The van der Waals surface area contributed by atoms with Gasteiger partial charge in [0.1, 0.15) is 0 Å². The van der Waals surface area contributed by atoms with E-state index in [2.05, 4.69) is 21.7 Å². The molecule has 2 aromatic rings. The second-order valence-corrected chi connectivity index (χ2v) is 5.32. The first-order chi connectivity index (χ1) is 9.11. The Hall–Kier alpha value is -2.01. The van der Waals surface area contributed by atoms with Gasteiger partial charge in [-0.25, -0.2) is 0 Å². The van der Waals surface area contributed by atoms with E-state index >= 15 is 0 Å². The molecule has 5 heteroatoms. The third kappa shape index (κ3) is 3.06. The highest BCUT2D eigenvalue weighted by atomic mass is 32.1. The molecule has 0 aliphatic carbocycles. The highest BCUT2D eigenvalue weighted by Gasteiger charge is 2.10. The first kappa shape index (κ1) is 13.4. The summed E-state index contributed by atoms with van der Waals surface area (Å²) < 4.78 is 0. The van der Waals surface area contributed by atoms with Crippen molar-refractivity contribution in [2.45, 2.75) is 6.54 Å². The van der Waals surface area contributed by atoms with Crippen LogP contribution in [0.4, 0.5) is 11.4 Å². The Balaban J connectivity index is 2.18. The van der Waals surface area contributed by atoms with E-state index in [4.69, 9.17) is 5.73 Å². The molecule has 0 fully saturated rings. The number of thiophene rings is 1. The van der Waals surface area contributed by atoms with Gasteiger partial charge in [0.05, 0.1) is 17.9 Å². The first-order valence-corrected chi connectivity index (χ1v) is 6.85. The summed E-state index contributed by atoms with van der Waals surface area (Å²) in [6, 6.07) is 9.50. The van der Waals surface area contributed by atoms with Gasteiger partial charge in [0.25, 0.3) is 5.91 Å². The Bertz CT molecular complexity index is 566. The minimum absolute atomic E-state index is 0.126. The number of amides is 1. The van der Waals surface area contributed by atoms with E-state index in [-0.39, 0.29) is 5.91 Å². The SMILES string of the molecule is CNC(=O)c1ccc(N(C)Cc2cccs2)c(N)c1. The number of anilines is 2. The Morgan fingerprint density at radius 1 is 1.42 bits per heavy atom. The number of benzene rings is 1. The molecule has 0 spiro atoms. The predicted molar refractivity (Wildman–Crippen MR) is 80.7 cm³/mol. The fourth-order valence-electron chi connectivity index (χ4n) is 1.91. The van der Waals surface area contributed by atoms with Crippen LogP contribution >= 0.6 is 11.3 Å². The smallest absolute Gasteiger partial charge is 0.251 e. The molecule has 0 saturated carbocycles. The molecule has 4 nitrogen and oxygen atoms in total. The fourth-order valence-corrected chi connectivity index (χ4v) is 2.67. The maximum Gasteiger partial charge on any atom is 0.251 e. The van der Waals surface area contributed by atoms with Crippen LogP contribution in [0.25, 0.3) is 0 Å². The van der Waals surface area contributed by atoms with Crippen molar-refractivity contribution in [3.05, 3.63) is 46.2 Å². The van der Waals surface area contributed by atoms with E-state index in [0.29, 0.717) is 11.3 Å². The molecule has 1 amide bonds.